The van der Waals surface area contributed by atoms with E-state index >= 15 is 0 Å². The van der Waals surface area contributed by atoms with Gasteiger partial charge in [-0.2, -0.15) is 5.10 Å². The molecule has 0 aliphatic rings. The van der Waals surface area contributed by atoms with Crippen molar-refractivity contribution in [2.24, 2.45) is 0 Å². The summed E-state index contributed by atoms with van der Waals surface area (Å²) in [6.45, 7) is 1.87. The molecule has 0 unspecified atom stereocenters. The molecule has 0 aromatic carbocycles. The minimum atomic E-state index is -0.478. The molecular formula is C10H12N4O2. The van der Waals surface area contributed by atoms with Gasteiger partial charge < -0.3 is 10.1 Å². The summed E-state index contributed by atoms with van der Waals surface area (Å²) < 4.78 is 4.66. The summed E-state index contributed by atoms with van der Waals surface area (Å²) in [5, 5.41) is 10.3. The summed E-state index contributed by atoms with van der Waals surface area (Å²) in [5.74, 6) is 0.137. The number of esters is 1. The summed E-state index contributed by atoms with van der Waals surface area (Å²) >= 11 is 0. The van der Waals surface area contributed by atoms with Gasteiger partial charge >= 0.3 is 5.97 Å². The number of nitrogens with one attached hydrogen (secondary N) is 2. The fourth-order valence-corrected chi connectivity index (χ4v) is 1.60. The fraction of sp³-hybridized carbons (Fsp3) is 0.300. The summed E-state index contributed by atoms with van der Waals surface area (Å²) in [6.07, 6.45) is 0. The van der Waals surface area contributed by atoms with Crippen molar-refractivity contribution in [3.05, 3.63) is 17.5 Å². The number of ether oxygens (including phenoxy) is 1. The Kier molecular flexibility index (Phi) is 2.47. The van der Waals surface area contributed by atoms with Gasteiger partial charge in [0.05, 0.1) is 18.0 Å². The summed E-state index contributed by atoms with van der Waals surface area (Å²) in [7, 11) is 3.07. The van der Waals surface area contributed by atoms with E-state index in [1.807, 2.05) is 13.0 Å². The van der Waals surface area contributed by atoms with Crippen molar-refractivity contribution in [2.75, 3.05) is 19.5 Å². The topological polar surface area (TPSA) is 79.9 Å². The molecule has 0 radical (unpaired) electrons. The summed E-state index contributed by atoms with van der Waals surface area (Å²) in [4.78, 5) is 15.8. The molecule has 2 aromatic heterocycles. The van der Waals surface area contributed by atoms with Gasteiger partial charge in [0.15, 0.2) is 5.69 Å². The smallest absolute Gasteiger partial charge is 0.359 e. The zero-order valence-corrected chi connectivity index (χ0v) is 9.29. The quantitative estimate of drug-likeness (QED) is 0.741. The molecule has 6 heteroatoms. The molecule has 2 heterocycles. The molecule has 0 saturated carbocycles. The van der Waals surface area contributed by atoms with Crippen LogP contribution in [0.3, 0.4) is 0 Å². The Bertz CT molecular complexity index is 547. The average Bonchev–Trinajstić information content (AvgIpc) is 2.70. The maximum absolute atomic E-state index is 11.5. The third-order valence-electron chi connectivity index (χ3n) is 2.29. The average molecular weight is 220 g/mol. The van der Waals surface area contributed by atoms with E-state index in [4.69, 9.17) is 0 Å². The number of carbonyl (C=O) groups is 1. The molecule has 2 aromatic rings. The van der Waals surface area contributed by atoms with Crippen molar-refractivity contribution in [2.45, 2.75) is 6.92 Å². The number of pyridine rings is 1. The fourth-order valence-electron chi connectivity index (χ4n) is 1.60. The zero-order chi connectivity index (χ0) is 11.7. The highest BCUT2D eigenvalue weighted by molar-refractivity contribution is 6.06. The standard InChI is InChI=1S/C10H12N4O2/c1-5-4-6-7(9(11-2)12-5)8(14-13-6)10(15)16-3/h4H,1-3H3,(H,11,12)(H,13,14). The summed E-state index contributed by atoms with van der Waals surface area (Å²) in [5.41, 5.74) is 1.85. The number of hydrogen-bond donors (Lipinski definition) is 2. The number of methoxy groups -OCH3 is 1. The molecule has 0 atom stereocenters. The first kappa shape index (κ1) is 10.4. The van der Waals surface area contributed by atoms with Crippen LogP contribution in [0.15, 0.2) is 6.07 Å². The van der Waals surface area contributed by atoms with Crippen molar-refractivity contribution in [1.82, 2.24) is 15.2 Å². The molecule has 0 saturated heterocycles. The van der Waals surface area contributed by atoms with Gasteiger partial charge in [-0.3, -0.25) is 5.10 Å². The first-order valence-corrected chi connectivity index (χ1v) is 4.79. The van der Waals surface area contributed by atoms with Crippen molar-refractivity contribution in [1.29, 1.82) is 0 Å². The largest absolute Gasteiger partial charge is 0.464 e. The minimum absolute atomic E-state index is 0.245. The third-order valence-corrected chi connectivity index (χ3v) is 2.29. The van der Waals surface area contributed by atoms with Crippen LogP contribution in [0.5, 0.6) is 0 Å². The second-order valence-corrected chi connectivity index (χ2v) is 3.35. The number of fused-ring (bicyclic) bond motifs is 1. The lowest BCUT2D eigenvalue weighted by molar-refractivity contribution is 0.0596. The van der Waals surface area contributed by atoms with Crippen LogP contribution in [0.2, 0.25) is 0 Å². The minimum Gasteiger partial charge on any atom is -0.464 e. The SMILES string of the molecule is CNc1nc(C)cc2[nH]nc(C(=O)OC)c12. The second-order valence-electron chi connectivity index (χ2n) is 3.35. The monoisotopic (exact) mass is 220 g/mol. The molecule has 2 N–H and O–H groups in total. The Labute approximate surface area is 92.0 Å². The second kappa shape index (κ2) is 3.80. The number of aromatic amines is 1. The van der Waals surface area contributed by atoms with Crippen LogP contribution in [-0.2, 0) is 4.74 Å². The molecule has 16 heavy (non-hydrogen) atoms. The molecular weight excluding hydrogens is 208 g/mol. The lowest BCUT2D eigenvalue weighted by Gasteiger charge is -2.03. The van der Waals surface area contributed by atoms with Crippen LogP contribution >= 0.6 is 0 Å². The van der Waals surface area contributed by atoms with Gasteiger partial charge in [-0.1, -0.05) is 0 Å². The number of rotatable bonds is 2. The van der Waals surface area contributed by atoms with E-state index in [1.54, 1.807) is 7.05 Å². The van der Waals surface area contributed by atoms with Gasteiger partial charge in [0.2, 0.25) is 0 Å². The van der Waals surface area contributed by atoms with Crippen molar-refractivity contribution < 1.29 is 9.53 Å². The number of hydrogen-bond acceptors (Lipinski definition) is 5. The maximum atomic E-state index is 11.5. The van der Waals surface area contributed by atoms with Gasteiger partial charge in [0.1, 0.15) is 5.82 Å². The molecule has 84 valence electrons. The highest BCUT2D eigenvalue weighted by Crippen LogP contribution is 2.24. The van der Waals surface area contributed by atoms with Crippen LogP contribution < -0.4 is 5.32 Å². The molecule has 0 fully saturated rings. The molecule has 6 nitrogen and oxygen atoms in total. The number of anilines is 1. The predicted octanol–water partition coefficient (Wildman–Crippen LogP) is 1.09. The Morgan fingerprint density at radius 2 is 2.31 bits per heavy atom. The van der Waals surface area contributed by atoms with Gasteiger partial charge in [-0.15, -0.1) is 0 Å². The predicted molar refractivity (Wildman–Crippen MR) is 59.5 cm³/mol. The maximum Gasteiger partial charge on any atom is 0.359 e. The van der Waals surface area contributed by atoms with Crippen LogP contribution in [0, 0.1) is 6.92 Å². The lowest BCUT2D eigenvalue weighted by atomic mass is 10.2. The Morgan fingerprint density at radius 3 is 2.94 bits per heavy atom. The van der Waals surface area contributed by atoms with E-state index in [2.05, 4.69) is 25.2 Å². The van der Waals surface area contributed by atoms with Gasteiger partial charge in [-0.25, -0.2) is 9.78 Å². The van der Waals surface area contributed by atoms with Crippen LogP contribution in [0.4, 0.5) is 5.82 Å². The normalized spacial score (nSPS) is 10.4. The van der Waals surface area contributed by atoms with Gasteiger partial charge in [-0.05, 0) is 13.0 Å². The Hall–Kier alpha value is -2.11. The number of carbonyl (C=O) groups excluding carboxylic acids is 1. The number of aryl methyl sites for hydroxylation is 1. The lowest BCUT2D eigenvalue weighted by Crippen LogP contribution is -2.04. The van der Waals surface area contributed by atoms with Crippen molar-refractivity contribution in [3.8, 4) is 0 Å². The van der Waals surface area contributed by atoms with Crippen LogP contribution in [-0.4, -0.2) is 35.3 Å². The van der Waals surface area contributed by atoms with Gasteiger partial charge in [0.25, 0.3) is 0 Å². The van der Waals surface area contributed by atoms with Crippen molar-refractivity contribution >= 4 is 22.7 Å². The van der Waals surface area contributed by atoms with E-state index < -0.39 is 5.97 Å². The molecule has 0 bridgehead atoms. The first-order valence-electron chi connectivity index (χ1n) is 4.79. The highest BCUT2D eigenvalue weighted by Gasteiger charge is 2.18. The van der Waals surface area contributed by atoms with E-state index in [0.29, 0.717) is 11.2 Å². The molecule has 0 aliphatic heterocycles. The molecule has 0 spiro atoms. The van der Waals surface area contributed by atoms with Gasteiger partial charge in [0, 0.05) is 12.7 Å². The Morgan fingerprint density at radius 1 is 1.56 bits per heavy atom. The van der Waals surface area contributed by atoms with Crippen molar-refractivity contribution in [3.63, 3.8) is 0 Å². The number of nitrogens with zero attached hydrogens (tertiary/aromatic N) is 2. The third kappa shape index (κ3) is 1.48. The molecule has 0 aliphatic carbocycles. The summed E-state index contributed by atoms with van der Waals surface area (Å²) in [6, 6.07) is 1.83. The number of aromatic nitrogens is 3. The molecule has 2 rings (SSSR count). The Balaban J connectivity index is 2.74. The first-order chi connectivity index (χ1) is 7.67. The van der Waals surface area contributed by atoms with E-state index in [0.717, 1.165) is 11.2 Å². The number of H-pyrrole nitrogens is 1. The van der Waals surface area contributed by atoms with Crippen LogP contribution in [0.25, 0.3) is 10.9 Å². The highest BCUT2D eigenvalue weighted by atomic mass is 16.5. The molecule has 0 amide bonds. The van der Waals surface area contributed by atoms with E-state index in [9.17, 15) is 4.79 Å². The zero-order valence-electron chi connectivity index (χ0n) is 9.29. The van der Waals surface area contributed by atoms with E-state index in [1.165, 1.54) is 7.11 Å². The van der Waals surface area contributed by atoms with E-state index in [-0.39, 0.29) is 5.69 Å². The van der Waals surface area contributed by atoms with Crippen LogP contribution in [0.1, 0.15) is 16.2 Å².